The van der Waals surface area contributed by atoms with Gasteiger partial charge < -0.3 is 9.47 Å². The van der Waals surface area contributed by atoms with Crippen LogP contribution in [0.4, 0.5) is 0 Å². The Balaban J connectivity index is 1.92. The Bertz CT molecular complexity index is 650. The minimum Gasteiger partial charge on any atom is -0.495 e. The largest absolute Gasteiger partial charge is 0.495 e. The number of methoxy groups -OCH3 is 2. The van der Waals surface area contributed by atoms with Crippen molar-refractivity contribution in [1.82, 2.24) is 4.31 Å². The summed E-state index contributed by atoms with van der Waals surface area (Å²) < 4.78 is 38.1. The summed E-state index contributed by atoms with van der Waals surface area (Å²) in [5.41, 5.74) is 0. The van der Waals surface area contributed by atoms with Gasteiger partial charge in [0.2, 0.25) is 10.0 Å². The molecule has 22 heavy (non-hydrogen) atoms. The molecule has 5 nitrogen and oxygen atoms in total. The maximum atomic E-state index is 13.0. The van der Waals surface area contributed by atoms with Crippen molar-refractivity contribution in [3.8, 4) is 5.75 Å². The summed E-state index contributed by atoms with van der Waals surface area (Å²) in [5, 5.41) is 0.308. The molecule has 0 saturated carbocycles. The molecule has 2 atom stereocenters. The second-order valence-electron chi connectivity index (χ2n) is 5.85. The van der Waals surface area contributed by atoms with Gasteiger partial charge in [0.15, 0.2) is 0 Å². The van der Waals surface area contributed by atoms with Crippen molar-refractivity contribution in [2.24, 2.45) is 0 Å². The molecule has 1 aromatic carbocycles. The van der Waals surface area contributed by atoms with Crippen LogP contribution < -0.4 is 4.74 Å². The number of nitrogens with zero attached hydrogens (tertiary/aromatic N) is 1. The zero-order valence-corrected chi connectivity index (χ0v) is 14.2. The maximum absolute atomic E-state index is 13.0. The number of benzene rings is 1. The molecule has 0 spiro atoms. The van der Waals surface area contributed by atoms with Crippen LogP contribution in [0.25, 0.3) is 0 Å². The van der Waals surface area contributed by atoms with E-state index in [0.717, 1.165) is 25.7 Å². The number of sulfonamides is 1. The molecular weight excluding hydrogens is 326 g/mol. The number of hydrogen-bond acceptors (Lipinski definition) is 4. The van der Waals surface area contributed by atoms with Gasteiger partial charge in [-0.3, -0.25) is 0 Å². The molecule has 2 aliphatic heterocycles. The van der Waals surface area contributed by atoms with E-state index in [-0.39, 0.29) is 23.1 Å². The van der Waals surface area contributed by atoms with Crippen molar-refractivity contribution >= 4 is 21.6 Å². The molecule has 0 radical (unpaired) electrons. The van der Waals surface area contributed by atoms with Crippen LogP contribution in [0, 0.1) is 0 Å². The third-order valence-corrected chi connectivity index (χ3v) is 6.95. The summed E-state index contributed by atoms with van der Waals surface area (Å²) in [6.45, 7) is 0. The maximum Gasteiger partial charge on any atom is 0.243 e. The van der Waals surface area contributed by atoms with E-state index >= 15 is 0 Å². The summed E-state index contributed by atoms with van der Waals surface area (Å²) in [5.74, 6) is 0.474. The van der Waals surface area contributed by atoms with Gasteiger partial charge in [0, 0.05) is 19.2 Å². The lowest BCUT2D eigenvalue weighted by Crippen LogP contribution is -2.48. The first-order chi connectivity index (χ1) is 10.5. The van der Waals surface area contributed by atoms with Crippen LogP contribution in [0.5, 0.6) is 5.75 Å². The van der Waals surface area contributed by atoms with Crippen LogP contribution in [-0.2, 0) is 14.8 Å². The normalized spacial score (nSPS) is 28.8. The number of ether oxygens (including phenoxy) is 2. The van der Waals surface area contributed by atoms with Gasteiger partial charge in [-0.1, -0.05) is 11.6 Å². The standard InChI is InChI=1S/C15H20ClNO4S/c1-20-12-7-10-3-4-11(8-12)17(10)22(18,19)13-5-6-15(21-2)14(16)9-13/h5-6,9-12H,3-4,7-8H2,1-2H3. The Morgan fingerprint density at radius 3 is 2.32 bits per heavy atom. The fourth-order valence-electron chi connectivity index (χ4n) is 3.60. The molecule has 122 valence electrons. The highest BCUT2D eigenvalue weighted by atomic mass is 35.5. The summed E-state index contributed by atoms with van der Waals surface area (Å²) in [7, 11) is -0.342. The molecular formula is C15H20ClNO4S. The zero-order valence-electron chi connectivity index (χ0n) is 12.7. The molecule has 2 heterocycles. The minimum atomic E-state index is -3.54. The van der Waals surface area contributed by atoms with E-state index in [1.165, 1.54) is 13.2 Å². The molecule has 2 unspecified atom stereocenters. The van der Waals surface area contributed by atoms with Gasteiger partial charge in [0.1, 0.15) is 5.75 Å². The van der Waals surface area contributed by atoms with Gasteiger partial charge in [-0.05, 0) is 43.9 Å². The Kier molecular flexibility index (Phi) is 4.38. The molecule has 2 aliphatic rings. The topological polar surface area (TPSA) is 55.8 Å². The van der Waals surface area contributed by atoms with Crippen molar-refractivity contribution in [3.63, 3.8) is 0 Å². The van der Waals surface area contributed by atoms with Crippen LogP contribution in [0.1, 0.15) is 25.7 Å². The molecule has 3 rings (SSSR count). The average molecular weight is 346 g/mol. The van der Waals surface area contributed by atoms with Gasteiger partial charge in [0.05, 0.1) is 23.1 Å². The van der Waals surface area contributed by atoms with Crippen molar-refractivity contribution in [1.29, 1.82) is 0 Å². The van der Waals surface area contributed by atoms with Crippen molar-refractivity contribution in [2.45, 2.75) is 48.8 Å². The highest BCUT2D eigenvalue weighted by Gasteiger charge is 2.47. The van der Waals surface area contributed by atoms with Crippen LogP contribution >= 0.6 is 11.6 Å². The van der Waals surface area contributed by atoms with Crippen molar-refractivity contribution < 1.29 is 17.9 Å². The van der Waals surface area contributed by atoms with E-state index in [2.05, 4.69) is 0 Å². The Morgan fingerprint density at radius 2 is 1.82 bits per heavy atom. The smallest absolute Gasteiger partial charge is 0.243 e. The lowest BCUT2D eigenvalue weighted by atomic mass is 10.0. The molecule has 0 aromatic heterocycles. The van der Waals surface area contributed by atoms with Crippen molar-refractivity contribution in [2.75, 3.05) is 14.2 Å². The van der Waals surface area contributed by atoms with E-state index in [4.69, 9.17) is 21.1 Å². The SMILES string of the molecule is COc1ccc(S(=O)(=O)N2C3CCC2CC(OC)C3)cc1Cl. The minimum absolute atomic E-state index is 0.0228. The monoisotopic (exact) mass is 345 g/mol. The summed E-state index contributed by atoms with van der Waals surface area (Å²) in [6, 6.07) is 4.67. The lowest BCUT2D eigenvalue weighted by molar-refractivity contribution is 0.0349. The first kappa shape index (κ1) is 16.1. The number of fused-ring (bicyclic) bond motifs is 2. The van der Waals surface area contributed by atoms with Gasteiger partial charge in [-0.2, -0.15) is 4.31 Å². The van der Waals surface area contributed by atoms with Gasteiger partial charge in [0.25, 0.3) is 0 Å². The van der Waals surface area contributed by atoms with E-state index < -0.39 is 10.0 Å². The summed E-state index contributed by atoms with van der Waals surface area (Å²) in [4.78, 5) is 0.228. The highest BCUT2D eigenvalue weighted by Crippen LogP contribution is 2.41. The Morgan fingerprint density at radius 1 is 1.18 bits per heavy atom. The third-order valence-electron chi connectivity index (χ3n) is 4.65. The predicted octanol–water partition coefficient (Wildman–Crippen LogP) is 2.68. The second-order valence-corrected chi connectivity index (χ2v) is 8.10. The number of rotatable bonds is 4. The second kappa shape index (κ2) is 6.00. The number of halogens is 1. The Labute approximate surface area is 136 Å². The quantitative estimate of drug-likeness (QED) is 0.842. The van der Waals surface area contributed by atoms with E-state index in [1.54, 1.807) is 23.5 Å². The lowest BCUT2D eigenvalue weighted by Gasteiger charge is -2.37. The van der Waals surface area contributed by atoms with Crippen LogP contribution in [0.2, 0.25) is 5.02 Å². The summed E-state index contributed by atoms with van der Waals surface area (Å²) >= 11 is 6.08. The first-order valence-corrected chi connectivity index (χ1v) is 9.19. The molecule has 0 amide bonds. The molecule has 2 bridgehead atoms. The van der Waals surface area contributed by atoms with E-state index in [0.29, 0.717) is 10.8 Å². The molecule has 0 aliphatic carbocycles. The van der Waals surface area contributed by atoms with Crippen LogP contribution in [0.3, 0.4) is 0 Å². The summed E-state index contributed by atoms with van der Waals surface area (Å²) in [6.07, 6.45) is 3.47. The predicted molar refractivity (Wildman–Crippen MR) is 83.9 cm³/mol. The average Bonchev–Trinajstić information content (AvgIpc) is 2.79. The number of piperidine rings is 1. The fraction of sp³-hybridized carbons (Fsp3) is 0.600. The van der Waals surface area contributed by atoms with Crippen molar-refractivity contribution in [3.05, 3.63) is 23.2 Å². The zero-order chi connectivity index (χ0) is 15.9. The fourth-order valence-corrected chi connectivity index (χ4v) is 5.84. The van der Waals surface area contributed by atoms with Gasteiger partial charge >= 0.3 is 0 Å². The Hall–Kier alpha value is -0.820. The van der Waals surface area contributed by atoms with Crippen LogP contribution in [-0.4, -0.2) is 45.1 Å². The van der Waals surface area contributed by atoms with E-state index in [9.17, 15) is 8.42 Å². The van der Waals surface area contributed by atoms with Crippen LogP contribution in [0.15, 0.2) is 23.1 Å². The first-order valence-electron chi connectivity index (χ1n) is 7.37. The molecule has 2 saturated heterocycles. The molecule has 0 N–H and O–H groups in total. The molecule has 1 aromatic rings. The highest BCUT2D eigenvalue weighted by molar-refractivity contribution is 7.89. The number of hydrogen-bond donors (Lipinski definition) is 0. The molecule has 7 heteroatoms. The van der Waals surface area contributed by atoms with E-state index in [1.807, 2.05) is 0 Å². The molecule has 2 fully saturated rings. The van der Waals surface area contributed by atoms with Gasteiger partial charge in [-0.25, -0.2) is 8.42 Å². The third kappa shape index (κ3) is 2.62. The van der Waals surface area contributed by atoms with Gasteiger partial charge in [-0.15, -0.1) is 0 Å².